The molecule has 5 nitrogen and oxygen atoms in total. The molecule has 0 radical (unpaired) electrons. The number of anilines is 2. The first-order valence-electron chi connectivity index (χ1n) is 8.16. The van der Waals surface area contributed by atoms with Gasteiger partial charge in [-0.3, -0.25) is 9.10 Å². The second-order valence-corrected chi connectivity index (χ2v) is 8.10. The molecule has 0 atom stereocenters. The molecular weight excluding hydrogens is 336 g/mol. The van der Waals surface area contributed by atoms with Gasteiger partial charge in [-0.2, -0.15) is 0 Å². The average Bonchev–Trinajstić information content (AvgIpc) is 2.54. The molecule has 6 heteroatoms. The molecule has 0 fully saturated rings. The summed E-state index contributed by atoms with van der Waals surface area (Å²) in [6.45, 7) is 4.20. The molecule has 1 N–H and O–H groups in total. The van der Waals surface area contributed by atoms with Crippen LogP contribution in [0.3, 0.4) is 0 Å². The van der Waals surface area contributed by atoms with E-state index in [1.54, 1.807) is 12.1 Å². The van der Waals surface area contributed by atoms with E-state index in [2.05, 4.69) is 5.32 Å². The lowest BCUT2D eigenvalue weighted by atomic mass is 10.2. The van der Waals surface area contributed by atoms with Crippen molar-refractivity contribution in [2.45, 2.75) is 26.7 Å². The summed E-state index contributed by atoms with van der Waals surface area (Å²) in [5.74, 6) is -0.124. The number of benzene rings is 2. The van der Waals surface area contributed by atoms with Gasteiger partial charge in [0.25, 0.3) is 0 Å². The highest BCUT2D eigenvalue weighted by Gasteiger charge is 2.17. The number of carbonyl (C=O) groups is 1. The third kappa shape index (κ3) is 5.90. The molecule has 25 heavy (non-hydrogen) atoms. The van der Waals surface area contributed by atoms with Crippen LogP contribution in [0.2, 0.25) is 0 Å². The highest BCUT2D eigenvalue weighted by Crippen LogP contribution is 2.19. The molecule has 1 amide bonds. The van der Waals surface area contributed by atoms with Crippen LogP contribution >= 0.6 is 0 Å². The monoisotopic (exact) mass is 360 g/mol. The number of nitrogens with one attached hydrogen (secondary N) is 1. The molecule has 134 valence electrons. The van der Waals surface area contributed by atoms with Crippen LogP contribution < -0.4 is 9.62 Å². The predicted octanol–water partition coefficient (Wildman–Crippen LogP) is 3.49. The van der Waals surface area contributed by atoms with Gasteiger partial charge >= 0.3 is 0 Å². The summed E-state index contributed by atoms with van der Waals surface area (Å²) in [5, 5.41) is 2.82. The van der Waals surface area contributed by atoms with E-state index in [1.807, 2.05) is 50.2 Å². The van der Waals surface area contributed by atoms with Gasteiger partial charge in [-0.1, -0.05) is 35.4 Å². The van der Waals surface area contributed by atoms with Gasteiger partial charge in [-0.25, -0.2) is 8.42 Å². The molecule has 2 aromatic carbocycles. The van der Waals surface area contributed by atoms with Crippen LogP contribution in [0, 0.1) is 13.8 Å². The summed E-state index contributed by atoms with van der Waals surface area (Å²) in [6, 6.07) is 14.9. The Morgan fingerprint density at radius 3 is 2.00 bits per heavy atom. The minimum Gasteiger partial charge on any atom is -0.326 e. The minimum atomic E-state index is -3.39. The van der Waals surface area contributed by atoms with E-state index in [-0.39, 0.29) is 18.9 Å². The van der Waals surface area contributed by atoms with Crippen LogP contribution in [0.5, 0.6) is 0 Å². The van der Waals surface area contributed by atoms with Crippen molar-refractivity contribution in [2.75, 3.05) is 22.4 Å². The molecular formula is C19H24N2O3S. The average molecular weight is 360 g/mol. The lowest BCUT2D eigenvalue weighted by Crippen LogP contribution is -2.31. The maximum Gasteiger partial charge on any atom is 0.232 e. The molecule has 2 aromatic rings. The number of hydrogen-bond acceptors (Lipinski definition) is 3. The topological polar surface area (TPSA) is 66.5 Å². The number of rotatable bonds is 7. The molecule has 0 bridgehead atoms. The first-order valence-corrected chi connectivity index (χ1v) is 10.0. The highest BCUT2D eigenvalue weighted by atomic mass is 32.2. The van der Waals surface area contributed by atoms with Crippen LogP contribution in [0.15, 0.2) is 48.5 Å². The quantitative estimate of drug-likeness (QED) is 0.822. The fourth-order valence-corrected chi connectivity index (χ4v) is 3.41. The van der Waals surface area contributed by atoms with Crippen LogP contribution in [0.4, 0.5) is 11.4 Å². The van der Waals surface area contributed by atoms with Gasteiger partial charge < -0.3 is 5.32 Å². The summed E-state index contributed by atoms with van der Waals surface area (Å²) in [5.41, 5.74) is 3.55. The Kier molecular flexibility index (Phi) is 6.20. The third-order valence-corrected chi connectivity index (χ3v) is 5.02. The molecule has 0 aromatic heterocycles. The van der Waals surface area contributed by atoms with Crippen molar-refractivity contribution in [3.05, 3.63) is 59.7 Å². The molecule has 0 aliphatic heterocycles. The van der Waals surface area contributed by atoms with Gasteiger partial charge in [-0.05, 0) is 44.5 Å². The summed E-state index contributed by atoms with van der Waals surface area (Å²) in [4.78, 5) is 12.0. The van der Waals surface area contributed by atoms with Crippen LogP contribution in [-0.2, 0) is 14.8 Å². The molecule has 0 heterocycles. The molecule has 0 aliphatic rings. The van der Waals surface area contributed by atoms with Gasteiger partial charge in [0.15, 0.2) is 0 Å². The van der Waals surface area contributed by atoms with Crippen molar-refractivity contribution in [3.8, 4) is 0 Å². The Morgan fingerprint density at radius 1 is 0.960 bits per heavy atom. The Hall–Kier alpha value is -2.34. The van der Waals surface area contributed by atoms with Crippen LogP contribution in [-0.4, -0.2) is 27.1 Å². The molecule has 0 spiro atoms. The second-order valence-electron chi connectivity index (χ2n) is 6.19. The molecule has 0 saturated carbocycles. The number of aryl methyl sites for hydroxylation is 2. The Morgan fingerprint density at radius 2 is 1.48 bits per heavy atom. The predicted molar refractivity (Wildman–Crippen MR) is 102 cm³/mol. The Bertz CT molecular complexity index is 813. The summed E-state index contributed by atoms with van der Waals surface area (Å²) >= 11 is 0. The fourth-order valence-electron chi connectivity index (χ4n) is 2.44. The maximum absolute atomic E-state index is 12.0. The lowest BCUT2D eigenvalue weighted by Gasteiger charge is -2.22. The van der Waals surface area contributed by atoms with E-state index in [0.717, 1.165) is 16.8 Å². The van der Waals surface area contributed by atoms with Crippen molar-refractivity contribution < 1.29 is 13.2 Å². The first kappa shape index (κ1) is 19.0. The third-order valence-electron chi connectivity index (χ3n) is 3.82. The second kappa shape index (κ2) is 8.16. The van der Waals surface area contributed by atoms with Crippen LogP contribution in [0.1, 0.15) is 24.0 Å². The van der Waals surface area contributed by atoms with Crippen molar-refractivity contribution >= 4 is 27.3 Å². The van der Waals surface area contributed by atoms with Gasteiger partial charge in [0.05, 0.1) is 11.9 Å². The normalized spacial score (nSPS) is 11.2. The minimum absolute atomic E-state index is 0.124. The SMILES string of the molecule is Cc1ccc(NC(=O)CCCN(c2ccc(C)cc2)S(C)(=O)=O)cc1. The maximum atomic E-state index is 12.0. The van der Waals surface area contributed by atoms with Gasteiger partial charge in [-0.15, -0.1) is 0 Å². The van der Waals surface area contributed by atoms with E-state index in [0.29, 0.717) is 12.1 Å². The Labute approximate surface area is 149 Å². The smallest absolute Gasteiger partial charge is 0.232 e. The Balaban J connectivity index is 1.93. The highest BCUT2D eigenvalue weighted by molar-refractivity contribution is 7.92. The number of amides is 1. The first-order chi connectivity index (χ1) is 11.8. The van der Waals surface area contributed by atoms with Crippen molar-refractivity contribution in [3.63, 3.8) is 0 Å². The van der Waals surface area contributed by atoms with E-state index in [4.69, 9.17) is 0 Å². The zero-order valence-corrected chi connectivity index (χ0v) is 15.6. The largest absolute Gasteiger partial charge is 0.326 e. The summed E-state index contributed by atoms with van der Waals surface area (Å²) in [6.07, 6.45) is 1.88. The summed E-state index contributed by atoms with van der Waals surface area (Å²) in [7, 11) is -3.39. The van der Waals surface area contributed by atoms with Gasteiger partial charge in [0, 0.05) is 18.7 Å². The van der Waals surface area contributed by atoms with Crippen molar-refractivity contribution in [1.29, 1.82) is 0 Å². The zero-order chi connectivity index (χ0) is 18.4. The number of hydrogen-bond donors (Lipinski definition) is 1. The zero-order valence-electron chi connectivity index (χ0n) is 14.8. The van der Waals surface area contributed by atoms with Crippen molar-refractivity contribution in [2.24, 2.45) is 0 Å². The van der Waals surface area contributed by atoms with E-state index >= 15 is 0 Å². The van der Waals surface area contributed by atoms with E-state index in [9.17, 15) is 13.2 Å². The fraction of sp³-hybridized carbons (Fsp3) is 0.316. The van der Waals surface area contributed by atoms with Crippen LogP contribution in [0.25, 0.3) is 0 Å². The number of nitrogens with zero attached hydrogens (tertiary/aromatic N) is 1. The van der Waals surface area contributed by atoms with Crippen molar-refractivity contribution in [1.82, 2.24) is 0 Å². The molecule has 0 saturated heterocycles. The number of carbonyl (C=O) groups excluding carboxylic acids is 1. The van der Waals surface area contributed by atoms with E-state index < -0.39 is 10.0 Å². The van der Waals surface area contributed by atoms with Gasteiger partial charge in [0.1, 0.15) is 0 Å². The standard InChI is InChI=1S/C19H24N2O3S/c1-15-6-10-17(11-7-15)20-19(22)5-4-14-21(25(3,23)24)18-12-8-16(2)9-13-18/h6-13H,4-5,14H2,1-3H3,(H,20,22). The molecule has 0 aliphatic carbocycles. The molecule has 0 unspecified atom stereocenters. The molecule has 2 rings (SSSR count). The summed E-state index contributed by atoms with van der Waals surface area (Å²) < 4.78 is 25.4. The lowest BCUT2D eigenvalue weighted by molar-refractivity contribution is -0.116. The van der Waals surface area contributed by atoms with Gasteiger partial charge in [0.2, 0.25) is 15.9 Å². The number of sulfonamides is 1. The van der Waals surface area contributed by atoms with E-state index in [1.165, 1.54) is 10.6 Å².